The fraction of sp³-hybridized carbons (Fsp3) is 0.350. The SMILES string of the molecule is COc1ccc(C(=O)NCC(C)(C)c2cccc(C(F)(F)F)c2)c(OC)c1. The Bertz CT molecular complexity index is 816. The minimum atomic E-state index is -4.41. The predicted octanol–water partition coefficient (Wildman–Crippen LogP) is 4.43. The van der Waals surface area contributed by atoms with E-state index in [-0.39, 0.29) is 12.5 Å². The molecule has 2 aromatic rings. The Labute approximate surface area is 156 Å². The lowest BCUT2D eigenvalue weighted by Gasteiger charge is -2.26. The molecule has 2 aromatic carbocycles. The maximum atomic E-state index is 12.9. The van der Waals surface area contributed by atoms with Crippen molar-refractivity contribution in [1.82, 2.24) is 5.32 Å². The van der Waals surface area contributed by atoms with E-state index < -0.39 is 17.2 Å². The number of carbonyl (C=O) groups excluding carboxylic acids is 1. The van der Waals surface area contributed by atoms with Crippen LogP contribution in [-0.2, 0) is 11.6 Å². The van der Waals surface area contributed by atoms with Gasteiger partial charge < -0.3 is 14.8 Å². The number of hydrogen-bond acceptors (Lipinski definition) is 3. The highest BCUT2D eigenvalue weighted by Crippen LogP contribution is 2.32. The average molecular weight is 381 g/mol. The number of carbonyl (C=O) groups is 1. The molecule has 0 heterocycles. The van der Waals surface area contributed by atoms with Gasteiger partial charge >= 0.3 is 6.18 Å². The fourth-order valence-corrected chi connectivity index (χ4v) is 2.60. The number of alkyl halides is 3. The van der Waals surface area contributed by atoms with Gasteiger partial charge in [0.05, 0.1) is 25.3 Å². The zero-order valence-electron chi connectivity index (χ0n) is 15.6. The number of halogens is 3. The first-order valence-electron chi connectivity index (χ1n) is 8.26. The second kappa shape index (κ2) is 7.90. The Balaban J connectivity index is 2.17. The Hall–Kier alpha value is -2.70. The van der Waals surface area contributed by atoms with Crippen molar-refractivity contribution < 1.29 is 27.4 Å². The average Bonchev–Trinajstić information content (AvgIpc) is 2.65. The fourth-order valence-electron chi connectivity index (χ4n) is 2.60. The van der Waals surface area contributed by atoms with Crippen LogP contribution in [-0.4, -0.2) is 26.7 Å². The molecule has 0 aliphatic carbocycles. The van der Waals surface area contributed by atoms with Crippen molar-refractivity contribution in [2.75, 3.05) is 20.8 Å². The minimum Gasteiger partial charge on any atom is -0.497 e. The Kier molecular flexibility index (Phi) is 6.03. The van der Waals surface area contributed by atoms with Gasteiger partial charge in [-0.15, -0.1) is 0 Å². The van der Waals surface area contributed by atoms with Crippen LogP contribution in [0.2, 0.25) is 0 Å². The van der Waals surface area contributed by atoms with E-state index >= 15 is 0 Å². The van der Waals surface area contributed by atoms with Gasteiger partial charge in [0.25, 0.3) is 5.91 Å². The molecule has 0 fully saturated rings. The van der Waals surface area contributed by atoms with E-state index in [0.717, 1.165) is 12.1 Å². The number of nitrogens with one attached hydrogen (secondary N) is 1. The molecule has 4 nitrogen and oxygen atoms in total. The Morgan fingerprint density at radius 2 is 1.67 bits per heavy atom. The Morgan fingerprint density at radius 1 is 1.00 bits per heavy atom. The number of benzene rings is 2. The zero-order valence-corrected chi connectivity index (χ0v) is 15.6. The van der Waals surface area contributed by atoms with Crippen LogP contribution in [0.15, 0.2) is 42.5 Å². The van der Waals surface area contributed by atoms with Crippen molar-refractivity contribution in [2.45, 2.75) is 25.4 Å². The van der Waals surface area contributed by atoms with Gasteiger partial charge in [0.2, 0.25) is 0 Å². The van der Waals surface area contributed by atoms with Crippen LogP contribution in [0.4, 0.5) is 13.2 Å². The maximum absolute atomic E-state index is 12.9. The van der Waals surface area contributed by atoms with Crippen LogP contribution in [0.25, 0.3) is 0 Å². The predicted molar refractivity (Wildman–Crippen MR) is 96.3 cm³/mol. The highest BCUT2D eigenvalue weighted by Gasteiger charge is 2.32. The summed E-state index contributed by atoms with van der Waals surface area (Å²) in [6, 6.07) is 9.93. The zero-order chi connectivity index (χ0) is 20.2. The van der Waals surface area contributed by atoms with Crippen molar-refractivity contribution in [1.29, 1.82) is 0 Å². The highest BCUT2D eigenvalue weighted by molar-refractivity contribution is 5.97. The van der Waals surface area contributed by atoms with E-state index in [0.29, 0.717) is 22.6 Å². The van der Waals surface area contributed by atoms with E-state index in [9.17, 15) is 18.0 Å². The van der Waals surface area contributed by atoms with Crippen molar-refractivity contribution in [2.24, 2.45) is 0 Å². The third kappa shape index (κ3) is 4.93. The molecule has 0 saturated heterocycles. The lowest BCUT2D eigenvalue weighted by atomic mass is 9.83. The summed E-state index contributed by atoms with van der Waals surface area (Å²) >= 11 is 0. The summed E-state index contributed by atoms with van der Waals surface area (Å²) in [4.78, 5) is 12.5. The van der Waals surface area contributed by atoms with E-state index in [2.05, 4.69) is 5.32 Å². The molecule has 0 bridgehead atoms. The molecule has 0 aliphatic heterocycles. The molecule has 7 heteroatoms. The van der Waals surface area contributed by atoms with Gasteiger partial charge in [-0.25, -0.2) is 0 Å². The smallest absolute Gasteiger partial charge is 0.416 e. The van der Waals surface area contributed by atoms with E-state index in [4.69, 9.17) is 9.47 Å². The van der Waals surface area contributed by atoms with E-state index in [1.807, 2.05) is 0 Å². The molecular formula is C20H22F3NO3. The molecule has 0 unspecified atom stereocenters. The summed E-state index contributed by atoms with van der Waals surface area (Å²) in [7, 11) is 2.95. The number of amides is 1. The van der Waals surface area contributed by atoms with Crippen LogP contribution < -0.4 is 14.8 Å². The third-order valence-electron chi connectivity index (χ3n) is 4.32. The molecule has 0 aromatic heterocycles. The van der Waals surface area contributed by atoms with Crippen LogP contribution in [0.1, 0.15) is 35.3 Å². The van der Waals surface area contributed by atoms with Gasteiger partial charge in [-0.1, -0.05) is 32.0 Å². The number of ether oxygens (including phenoxy) is 2. The number of rotatable bonds is 6. The lowest BCUT2D eigenvalue weighted by molar-refractivity contribution is -0.137. The van der Waals surface area contributed by atoms with Gasteiger partial charge in [-0.05, 0) is 23.8 Å². The molecule has 0 aliphatic rings. The molecule has 1 amide bonds. The van der Waals surface area contributed by atoms with Crippen molar-refractivity contribution in [3.8, 4) is 11.5 Å². The van der Waals surface area contributed by atoms with Crippen LogP contribution in [0, 0.1) is 0 Å². The molecule has 2 rings (SSSR count). The summed E-state index contributed by atoms with van der Waals surface area (Å²) < 4.78 is 49.1. The second-order valence-corrected chi connectivity index (χ2v) is 6.71. The molecule has 1 N–H and O–H groups in total. The summed E-state index contributed by atoms with van der Waals surface area (Å²) in [5.41, 5.74) is -0.606. The molecule has 0 radical (unpaired) electrons. The molecule has 27 heavy (non-hydrogen) atoms. The molecule has 146 valence electrons. The first kappa shape index (κ1) is 20.6. The van der Waals surface area contributed by atoms with Gasteiger partial charge in [-0.2, -0.15) is 13.2 Å². The van der Waals surface area contributed by atoms with Crippen LogP contribution >= 0.6 is 0 Å². The van der Waals surface area contributed by atoms with Gasteiger partial charge in [0.1, 0.15) is 11.5 Å². The van der Waals surface area contributed by atoms with Gasteiger partial charge in [-0.3, -0.25) is 4.79 Å². The first-order chi connectivity index (χ1) is 12.6. The summed E-state index contributed by atoms with van der Waals surface area (Å²) in [6.07, 6.45) is -4.41. The van der Waals surface area contributed by atoms with Crippen molar-refractivity contribution in [3.05, 3.63) is 59.2 Å². The monoisotopic (exact) mass is 381 g/mol. The van der Waals surface area contributed by atoms with Crippen molar-refractivity contribution >= 4 is 5.91 Å². The van der Waals surface area contributed by atoms with Gasteiger partial charge in [0, 0.05) is 18.0 Å². The van der Waals surface area contributed by atoms with E-state index in [1.165, 1.54) is 20.3 Å². The number of hydrogen-bond donors (Lipinski definition) is 1. The topological polar surface area (TPSA) is 47.6 Å². The quantitative estimate of drug-likeness (QED) is 0.805. The molecule has 0 saturated carbocycles. The Morgan fingerprint density at radius 3 is 2.26 bits per heavy atom. The summed E-state index contributed by atoms with van der Waals surface area (Å²) in [5, 5.41) is 2.77. The lowest BCUT2D eigenvalue weighted by Crippen LogP contribution is -2.37. The maximum Gasteiger partial charge on any atom is 0.416 e. The summed E-state index contributed by atoms with van der Waals surface area (Å²) in [5.74, 6) is 0.519. The second-order valence-electron chi connectivity index (χ2n) is 6.71. The standard InChI is InChI=1S/C20H22F3NO3/c1-19(2,13-6-5-7-14(10-13)20(21,22)23)12-24-18(25)16-9-8-15(26-3)11-17(16)27-4/h5-11H,12H2,1-4H3,(H,24,25). The normalized spacial score (nSPS) is 11.8. The van der Waals surface area contributed by atoms with Gasteiger partial charge in [0.15, 0.2) is 0 Å². The number of methoxy groups -OCH3 is 2. The molecular weight excluding hydrogens is 359 g/mol. The highest BCUT2D eigenvalue weighted by atomic mass is 19.4. The first-order valence-corrected chi connectivity index (χ1v) is 8.26. The molecule has 0 atom stereocenters. The van der Waals surface area contributed by atoms with Crippen LogP contribution in [0.3, 0.4) is 0 Å². The largest absolute Gasteiger partial charge is 0.497 e. The molecule has 0 spiro atoms. The third-order valence-corrected chi connectivity index (χ3v) is 4.32. The van der Waals surface area contributed by atoms with E-state index in [1.54, 1.807) is 38.1 Å². The van der Waals surface area contributed by atoms with Crippen LogP contribution in [0.5, 0.6) is 11.5 Å². The van der Waals surface area contributed by atoms with Crippen molar-refractivity contribution in [3.63, 3.8) is 0 Å². The summed E-state index contributed by atoms with van der Waals surface area (Å²) in [6.45, 7) is 3.70. The minimum absolute atomic E-state index is 0.155.